The van der Waals surface area contributed by atoms with Gasteiger partial charge in [0.05, 0.1) is 10.8 Å². The molecule has 0 spiro atoms. The molecule has 1 aromatic heterocycles. The van der Waals surface area contributed by atoms with Crippen LogP contribution in [0.15, 0.2) is 29.2 Å². The number of aromatic carboxylic acids is 1. The van der Waals surface area contributed by atoms with Crippen LogP contribution in [0.3, 0.4) is 0 Å². The van der Waals surface area contributed by atoms with Crippen LogP contribution in [0, 0.1) is 0 Å². The molecule has 0 aliphatic carbocycles. The van der Waals surface area contributed by atoms with E-state index in [-0.39, 0.29) is 23.2 Å². The fraction of sp³-hybridized carbons (Fsp3) is 0.0833. The Balaban J connectivity index is 1.92. The molecule has 0 aliphatic heterocycles. The highest BCUT2D eigenvalue weighted by Gasteiger charge is 2.11. The molecular formula is C12H9Cl2N3O3S. The Hall–Kier alpha value is -1.70. The van der Waals surface area contributed by atoms with Crippen molar-refractivity contribution in [2.45, 2.75) is 4.90 Å². The SMILES string of the molecule is O=C(CSc1cc(Cl)ccc1Cl)Nc1cc(C(=O)O)[nH]n1. The van der Waals surface area contributed by atoms with Crippen LogP contribution in [0.2, 0.25) is 10.0 Å². The van der Waals surface area contributed by atoms with E-state index < -0.39 is 5.97 Å². The summed E-state index contributed by atoms with van der Waals surface area (Å²) in [5, 5.41) is 18.2. The van der Waals surface area contributed by atoms with Crippen LogP contribution in [0.5, 0.6) is 0 Å². The van der Waals surface area contributed by atoms with Crippen LogP contribution in [-0.4, -0.2) is 32.9 Å². The second-order valence-corrected chi connectivity index (χ2v) is 5.74. The third kappa shape index (κ3) is 4.38. The Morgan fingerprint density at radius 3 is 2.76 bits per heavy atom. The number of hydrogen-bond donors (Lipinski definition) is 3. The molecule has 1 amide bonds. The summed E-state index contributed by atoms with van der Waals surface area (Å²) in [6.45, 7) is 0. The number of carbonyl (C=O) groups is 2. The molecular weight excluding hydrogens is 337 g/mol. The topological polar surface area (TPSA) is 95.1 Å². The van der Waals surface area contributed by atoms with Gasteiger partial charge in [-0.2, -0.15) is 5.10 Å². The van der Waals surface area contributed by atoms with Crippen molar-refractivity contribution in [3.63, 3.8) is 0 Å². The van der Waals surface area contributed by atoms with E-state index in [2.05, 4.69) is 15.5 Å². The Morgan fingerprint density at radius 2 is 2.10 bits per heavy atom. The number of thioether (sulfide) groups is 1. The van der Waals surface area contributed by atoms with Gasteiger partial charge in [0.2, 0.25) is 5.91 Å². The number of nitrogens with one attached hydrogen (secondary N) is 2. The van der Waals surface area contributed by atoms with Crippen LogP contribution in [0.4, 0.5) is 5.82 Å². The zero-order chi connectivity index (χ0) is 15.4. The maximum absolute atomic E-state index is 11.8. The average molecular weight is 346 g/mol. The molecule has 1 aromatic carbocycles. The molecule has 0 aliphatic rings. The smallest absolute Gasteiger partial charge is 0.353 e. The average Bonchev–Trinajstić information content (AvgIpc) is 2.88. The van der Waals surface area contributed by atoms with Gasteiger partial charge in [0, 0.05) is 16.0 Å². The lowest BCUT2D eigenvalue weighted by Gasteiger charge is -2.04. The number of nitrogens with zero attached hydrogens (tertiary/aromatic N) is 1. The van der Waals surface area contributed by atoms with Gasteiger partial charge in [0.25, 0.3) is 0 Å². The first-order chi connectivity index (χ1) is 9.95. The number of amides is 1. The molecule has 21 heavy (non-hydrogen) atoms. The Morgan fingerprint density at radius 1 is 1.33 bits per heavy atom. The minimum atomic E-state index is -1.15. The number of aromatic nitrogens is 2. The Kier molecular flexibility index (Phi) is 5.11. The van der Waals surface area contributed by atoms with Crippen molar-refractivity contribution in [2.75, 3.05) is 11.1 Å². The monoisotopic (exact) mass is 345 g/mol. The fourth-order valence-electron chi connectivity index (χ4n) is 1.41. The number of anilines is 1. The lowest BCUT2D eigenvalue weighted by Crippen LogP contribution is -2.14. The maximum Gasteiger partial charge on any atom is 0.353 e. The number of carboxylic acid groups (broad SMARTS) is 1. The van der Waals surface area contributed by atoms with E-state index in [1.165, 1.54) is 17.8 Å². The van der Waals surface area contributed by atoms with E-state index >= 15 is 0 Å². The molecule has 3 N–H and O–H groups in total. The van der Waals surface area contributed by atoms with E-state index in [4.69, 9.17) is 28.3 Å². The minimum Gasteiger partial charge on any atom is -0.477 e. The van der Waals surface area contributed by atoms with E-state index in [0.717, 1.165) is 0 Å². The number of hydrogen-bond acceptors (Lipinski definition) is 4. The van der Waals surface area contributed by atoms with Gasteiger partial charge in [-0.15, -0.1) is 11.8 Å². The van der Waals surface area contributed by atoms with Gasteiger partial charge in [0.15, 0.2) is 5.82 Å². The minimum absolute atomic E-state index is 0.0926. The van der Waals surface area contributed by atoms with Crippen molar-refractivity contribution < 1.29 is 14.7 Å². The van der Waals surface area contributed by atoms with Gasteiger partial charge >= 0.3 is 5.97 Å². The number of rotatable bonds is 5. The lowest BCUT2D eigenvalue weighted by molar-refractivity contribution is -0.113. The molecule has 0 bridgehead atoms. The molecule has 0 unspecified atom stereocenters. The van der Waals surface area contributed by atoms with Gasteiger partial charge in [-0.3, -0.25) is 9.89 Å². The van der Waals surface area contributed by atoms with Crippen molar-refractivity contribution in [1.82, 2.24) is 10.2 Å². The number of halogens is 2. The second kappa shape index (κ2) is 6.84. The van der Waals surface area contributed by atoms with Crippen molar-refractivity contribution in [1.29, 1.82) is 0 Å². The highest BCUT2D eigenvalue weighted by molar-refractivity contribution is 8.00. The molecule has 0 atom stereocenters. The summed E-state index contributed by atoms with van der Waals surface area (Å²) in [6.07, 6.45) is 0. The molecule has 2 aromatic rings. The van der Waals surface area contributed by atoms with Crippen molar-refractivity contribution in [3.05, 3.63) is 40.0 Å². The van der Waals surface area contributed by atoms with Gasteiger partial charge in [-0.1, -0.05) is 23.2 Å². The van der Waals surface area contributed by atoms with E-state index in [0.29, 0.717) is 14.9 Å². The second-order valence-electron chi connectivity index (χ2n) is 3.88. The van der Waals surface area contributed by atoms with Crippen molar-refractivity contribution in [3.8, 4) is 0 Å². The summed E-state index contributed by atoms with van der Waals surface area (Å²) in [5.41, 5.74) is -0.101. The molecule has 0 saturated heterocycles. The number of H-pyrrole nitrogens is 1. The van der Waals surface area contributed by atoms with Gasteiger partial charge in [-0.25, -0.2) is 4.79 Å². The highest BCUT2D eigenvalue weighted by atomic mass is 35.5. The maximum atomic E-state index is 11.8. The van der Waals surface area contributed by atoms with E-state index in [1.54, 1.807) is 18.2 Å². The predicted molar refractivity (Wildman–Crippen MR) is 81.4 cm³/mol. The third-order valence-corrected chi connectivity index (χ3v) is 4.06. The van der Waals surface area contributed by atoms with Gasteiger partial charge in [-0.05, 0) is 18.2 Å². The first kappa shape index (κ1) is 15.7. The van der Waals surface area contributed by atoms with E-state index in [9.17, 15) is 9.59 Å². The summed E-state index contributed by atoms with van der Waals surface area (Å²) in [4.78, 5) is 23.1. The highest BCUT2D eigenvalue weighted by Crippen LogP contribution is 2.29. The molecule has 1 heterocycles. The predicted octanol–water partition coefficient (Wildman–Crippen LogP) is 3.15. The number of carbonyl (C=O) groups excluding carboxylic acids is 1. The summed E-state index contributed by atoms with van der Waals surface area (Å²) in [5.74, 6) is -1.24. The fourth-order valence-corrected chi connectivity index (χ4v) is 2.70. The zero-order valence-corrected chi connectivity index (χ0v) is 12.7. The summed E-state index contributed by atoms with van der Waals surface area (Å²) in [6, 6.07) is 6.21. The largest absolute Gasteiger partial charge is 0.477 e. The number of carboxylic acids is 1. The van der Waals surface area contributed by atoms with Crippen molar-refractivity contribution in [2.24, 2.45) is 0 Å². The number of aromatic amines is 1. The quantitative estimate of drug-likeness (QED) is 0.723. The normalized spacial score (nSPS) is 10.4. The standard InChI is InChI=1S/C12H9Cl2N3O3S/c13-6-1-2-7(14)9(3-6)21-5-11(18)15-10-4-8(12(19)20)16-17-10/h1-4H,5H2,(H,19,20)(H2,15,16,17,18). The molecule has 9 heteroatoms. The van der Waals surface area contributed by atoms with Crippen LogP contribution in [0.25, 0.3) is 0 Å². The summed E-state index contributed by atoms with van der Waals surface area (Å²) < 4.78 is 0. The summed E-state index contributed by atoms with van der Waals surface area (Å²) in [7, 11) is 0. The number of benzene rings is 1. The van der Waals surface area contributed by atoms with Crippen molar-refractivity contribution >= 4 is 52.7 Å². The van der Waals surface area contributed by atoms with Crippen LogP contribution >= 0.6 is 35.0 Å². The molecule has 2 rings (SSSR count). The zero-order valence-electron chi connectivity index (χ0n) is 10.4. The van der Waals surface area contributed by atoms with Crippen LogP contribution in [0.1, 0.15) is 10.5 Å². The third-order valence-electron chi connectivity index (χ3n) is 2.33. The molecule has 0 fully saturated rings. The van der Waals surface area contributed by atoms with E-state index in [1.807, 2.05) is 0 Å². The Labute approximate surface area is 133 Å². The first-order valence-electron chi connectivity index (χ1n) is 5.62. The first-order valence-corrected chi connectivity index (χ1v) is 7.36. The van der Waals surface area contributed by atoms with Gasteiger partial charge in [0.1, 0.15) is 5.69 Å². The van der Waals surface area contributed by atoms with Gasteiger partial charge < -0.3 is 10.4 Å². The summed E-state index contributed by atoms with van der Waals surface area (Å²) >= 11 is 13.1. The molecule has 0 saturated carbocycles. The van der Waals surface area contributed by atoms with Crippen LogP contribution in [-0.2, 0) is 4.79 Å². The molecule has 6 nitrogen and oxygen atoms in total. The van der Waals surface area contributed by atoms with Crippen LogP contribution < -0.4 is 5.32 Å². The lowest BCUT2D eigenvalue weighted by atomic mass is 10.4. The Bertz CT molecular complexity index is 690. The molecule has 110 valence electrons. The molecule has 0 radical (unpaired) electrons.